The van der Waals surface area contributed by atoms with Crippen LogP contribution in [0.2, 0.25) is 0 Å². The van der Waals surface area contributed by atoms with Gasteiger partial charge in [-0.1, -0.05) is 0 Å². The molecular weight excluding hydrogens is 376 g/mol. The Balaban J connectivity index is 1.96. The molecule has 28 heavy (non-hydrogen) atoms. The lowest BCUT2D eigenvalue weighted by molar-refractivity contribution is 0.0307. The highest BCUT2D eigenvalue weighted by molar-refractivity contribution is 7.20. The van der Waals surface area contributed by atoms with Gasteiger partial charge in [-0.05, 0) is 47.1 Å². The van der Waals surface area contributed by atoms with E-state index >= 15 is 0 Å². The zero-order valence-corrected chi connectivity index (χ0v) is 18.4. The molecule has 1 aliphatic heterocycles. The second kappa shape index (κ2) is 7.93. The zero-order valence-electron chi connectivity index (χ0n) is 17.6. The highest BCUT2D eigenvalue weighted by atomic mass is 32.1. The minimum Gasteiger partial charge on any atom is -0.462 e. The number of aromatic nitrogens is 2. The Labute approximate surface area is 170 Å². The van der Waals surface area contributed by atoms with Crippen LogP contribution >= 0.6 is 11.3 Å². The van der Waals surface area contributed by atoms with E-state index in [9.17, 15) is 9.90 Å². The van der Waals surface area contributed by atoms with E-state index in [1.165, 1.54) is 11.3 Å². The van der Waals surface area contributed by atoms with Gasteiger partial charge < -0.3 is 14.7 Å². The van der Waals surface area contributed by atoms with Crippen molar-refractivity contribution in [2.45, 2.75) is 53.2 Å². The van der Waals surface area contributed by atoms with E-state index in [2.05, 4.69) is 21.7 Å². The van der Waals surface area contributed by atoms with Crippen molar-refractivity contribution < 1.29 is 14.6 Å². The second-order valence-electron chi connectivity index (χ2n) is 8.14. The fourth-order valence-corrected chi connectivity index (χ4v) is 4.97. The van der Waals surface area contributed by atoms with Crippen molar-refractivity contribution in [3.63, 3.8) is 0 Å². The van der Waals surface area contributed by atoms with E-state index in [1.54, 1.807) is 0 Å². The summed E-state index contributed by atoms with van der Waals surface area (Å²) in [4.78, 5) is 27.7. The van der Waals surface area contributed by atoms with Crippen molar-refractivity contribution in [3.8, 4) is 0 Å². The minimum atomic E-state index is -0.709. The molecule has 0 saturated carbocycles. The number of aryl methyl sites for hydroxylation is 2. The average molecular weight is 407 g/mol. The number of rotatable bonds is 5. The van der Waals surface area contributed by atoms with Gasteiger partial charge in [0, 0.05) is 32.2 Å². The summed E-state index contributed by atoms with van der Waals surface area (Å²) >= 11 is 1.38. The first kappa shape index (κ1) is 21.0. The molecule has 0 bridgehead atoms. The molecule has 2 aromatic heterocycles. The van der Waals surface area contributed by atoms with E-state index in [0.29, 0.717) is 23.9 Å². The number of aliphatic hydroxyl groups is 1. The van der Waals surface area contributed by atoms with Gasteiger partial charge in [0.05, 0.1) is 17.6 Å². The summed E-state index contributed by atoms with van der Waals surface area (Å²) in [6.07, 6.45) is 0. The van der Waals surface area contributed by atoms with Gasteiger partial charge in [-0.15, -0.1) is 11.3 Å². The van der Waals surface area contributed by atoms with Crippen LogP contribution in [0.4, 0.5) is 5.82 Å². The van der Waals surface area contributed by atoms with Crippen molar-refractivity contribution in [2.75, 3.05) is 37.7 Å². The summed E-state index contributed by atoms with van der Waals surface area (Å²) in [5.74, 6) is 1.29. The third kappa shape index (κ3) is 4.29. The van der Waals surface area contributed by atoms with Gasteiger partial charge in [0.2, 0.25) is 0 Å². The van der Waals surface area contributed by atoms with E-state index in [4.69, 9.17) is 9.72 Å². The number of hydrogen-bond donors (Lipinski definition) is 1. The number of ether oxygens (including phenoxy) is 1. The topological polar surface area (TPSA) is 78.8 Å². The lowest BCUT2D eigenvalue weighted by Gasteiger charge is -2.42. The monoisotopic (exact) mass is 406 g/mol. The van der Waals surface area contributed by atoms with Gasteiger partial charge in [0.1, 0.15) is 21.3 Å². The largest absolute Gasteiger partial charge is 0.462 e. The number of anilines is 1. The van der Waals surface area contributed by atoms with Crippen molar-refractivity contribution in [3.05, 3.63) is 16.3 Å². The summed E-state index contributed by atoms with van der Waals surface area (Å²) in [7, 11) is 0. The van der Waals surface area contributed by atoms with Crippen LogP contribution in [0, 0.1) is 13.8 Å². The first-order valence-electron chi connectivity index (χ1n) is 9.77. The van der Waals surface area contributed by atoms with Crippen LogP contribution in [0.25, 0.3) is 10.2 Å². The minimum absolute atomic E-state index is 0.235. The number of thiophene rings is 1. The Kier molecular flexibility index (Phi) is 5.93. The van der Waals surface area contributed by atoms with Crippen molar-refractivity contribution in [2.24, 2.45) is 0 Å². The molecule has 7 nitrogen and oxygen atoms in total. The number of carbonyl (C=O) groups excluding carboxylic acids is 1. The Morgan fingerprint density at radius 3 is 2.64 bits per heavy atom. The number of β-amino-alcohol motifs (C(OH)–C–C–N with tert-alkyl or cyclic N) is 1. The molecule has 0 aliphatic carbocycles. The molecule has 0 amide bonds. The van der Waals surface area contributed by atoms with Crippen molar-refractivity contribution in [1.82, 2.24) is 14.9 Å². The maximum Gasteiger partial charge on any atom is 0.348 e. The maximum atomic E-state index is 12.3. The molecule has 3 rings (SSSR count). The van der Waals surface area contributed by atoms with Gasteiger partial charge in [0.15, 0.2) is 0 Å². The van der Waals surface area contributed by atoms with Gasteiger partial charge >= 0.3 is 5.97 Å². The van der Waals surface area contributed by atoms with E-state index in [1.807, 2.05) is 34.6 Å². The quantitative estimate of drug-likeness (QED) is 0.765. The van der Waals surface area contributed by atoms with Crippen LogP contribution < -0.4 is 4.90 Å². The molecule has 154 valence electrons. The fraction of sp³-hybridized carbons (Fsp3) is 0.650. The van der Waals surface area contributed by atoms with Crippen LogP contribution in [-0.4, -0.2) is 70.4 Å². The normalized spacial score (nSPS) is 18.7. The molecule has 1 atom stereocenters. The van der Waals surface area contributed by atoms with Gasteiger partial charge in [0.25, 0.3) is 0 Å². The number of esters is 1. The molecule has 1 unspecified atom stereocenters. The van der Waals surface area contributed by atoms with Crippen LogP contribution in [0.15, 0.2) is 0 Å². The molecule has 0 spiro atoms. The SMILES string of the molecule is CCOC(=O)c1sc2nc(C)nc(N3CCN(CC(C)(C)O)CC3C)c2c1C. The summed E-state index contributed by atoms with van der Waals surface area (Å²) in [6.45, 7) is 15.0. The third-order valence-electron chi connectivity index (χ3n) is 4.94. The standard InChI is InChI=1S/C20H30N4O3S/c1-7-27-19(25)16-13(3)15-17(21-14(4)22-18(15)28-16)24-9-8-23(10-12(24)2)11-20(5,6)26/h12,26H,7-11H2,1-6H3. The highest BCUT2D eigenvalue weighted by Gasteiger charge is 2.31. The van der Waals surface area contributed by atoms with Gasteiger partial charge in [-0.25, -0.2) is 14.8 Å². The smallest absolute Gasteiger partial charge is 0.348 e. The van der Waals surface area contributed by atoms with Crippen molar-refractivity contribution in [1.29, 1.82) is 0 Å². The summed E-state index contributed by atoms with van der Waals surface area (Å²) < 4.78 is 5.21. The van der Waals surface area contributed by atoms with E-state index in [0.717, 1.165) is 41.2 Å². The molecule has 8 heteroatoms. The molecular formula is C20H30N4O3S. The Morgan fingerprint density at radius 2 is 2.04 bits per heavy atom. The van der Waals surface area contributed by atoms with Crippen molar-refractivity contribution >= 4 is 33.3 Å². The predicted molar refractivity (Wildman–Crippen MR) is 112 cm³/mol. The number of fused-ring (bicyclic) bond motifs is 1. The molecule has 0 radical (unpaired) electrons. The average Bonchev–Trinajstić information content (AvgIpc) is 2.90. The van der Waals surface area contributed by atoms with Crippen LogP contribution in [0.1, 0.15) is 48.8 Å². The van der Waals surface area contributed by atoms with Crippen LogP contribution in [0.5, 0.6) is 0 Å². The Bertz CT molecular complexity index is 874. The number of hydrogen-bond acceptors (Lipinski definition) is 8. The lowest BCUT2D eigenvalue weighted by Crippen LogP contribution is -2.55. The number of nitrogens with zero attached hydrogens (tertiary/aromatic N) is 4. The van der Waals surface area contributed by atoms with Crippen LogP contribution in [0.3, 0.4) is 0 Å². The summed E-state index contributed by atoms with van der Waals surface area (Å²) in [6, 6.07) is 0.235. The zero-order chi connectivity index (χ0) is 20.6. The highest BCUT2D eigenvalue weighted by Crippen LogP contribution is 2.37. The van der Waals surface area contributed by atoms with Gasteiger partial charge in [-0.3, -0.25) is 4.90 Å². The molecule has 1 saturated heterocycles. The molecule has 1 aliphatic rings. The Hall–Kier alpha value is -1.77. The molecule has 1 N–H and O–H groups in total. The van der Waals surface area contributed by atoms with E-state index < -0.39 is 5.60 Å². The number of piperazine rings is 1. The molecule has 0 aromatic carbocycles. The first-order chi connectivity index (χ1) is 13.1. The third-order valence-corrected chi connectivity index (χ3v) is 6.10. The van der Waals surface area contributed by atoms with E-state index in [-0.39, 0.29) is 12.0 Å². The summed E-state index contributed by atoms with van der Waals surface area (Å²) in [5.41, 5.74) is 0.179. The summed E-state index contributed by atoms with van der Waals surface area (Å²) in [5, 5.41) is 11.1. The predicted octanol–water partition coefficient (Wildman–Crippen LogP) is 2.77. The molecule has 2 aromatic rings. The molecule has 1 fully saturated rings. The van der Waals surface area contributed by atoms with Gasteiger partial charge in [-0.2, -0.15) is 0 Å². The maximum absolute atomic E-state index is 12.3. The first-order valence-corrected chi connectivity index (χ1v) is 10.6. The lowest BCUT2D eigenvalue weighted by atomic mass is 10.1. The fourth-order valence-electron chi connectivity index (χ4n) is 3.86. The Morgan fingerprint density at radius 1 is 1.32 bits per heavy atom. The number of carbonyl (C=O) groups is 1. The second-order valence-corrected chi connectivity index (χ2v) is 9.14. The van der Waals surface area contributed by atoms with Crippen LogP contribution in [-0.2, 0) is 4.74 Å². The molecule has 3 heterocycles.